The fourth-order valence-corrected chi connectivity index (χ4v) is 5.28. The normalized spacial score (nSPS) is 18.7. The number of amides is 1. The molecule has 5 rings (SSSR count). The smallest absolute Gasteiger partial charge is 0.291 e. The zero-order chi connectivity index (χ0) is 23.7. The van der Waals surface area contributed by atoms with Gasteiger partial charge in [0.15, 0.2) is 0 Å². The first-order valence-corrected chi connectivity index (χ1v) is 12.1. The lowest BCUT2D eigenvalue weighted by Gasteiger charge is -2.41. The average molecular weight is 471 g/mol. The summed E-state index contributed by atoms with van der Waals surface area (Å²) >= 11 is 0. The van der Waals surface area contributed by atoms with Crippen LogP contribution >= 0.6 is 0 Å². The van der Waals surface area contributed by atoms with E-state index in [9.17, 15) is 9.18 Å². The van der Waals surface area contributed by atoms with Crippen LogP contribution in [-0.2, 0) is 16.0 Å². The summed E-state index contributed by atoms with van der Waals surface area (Å²) in [6.07, 6.45) is 4.53. The third-order valence-electron chi connectivity index (χ3n) is 7.17. The van der Waals surface area contributed by atoms with Crippen molar-refractivity contribution in [2.24, 2.45) is 0 Å². The van der Waals surface area contributed by atoms with E-state index in [1.54, 1.807) is 13.2 Å². The molecule has 1 aromatic carbocycles. The van der Waals surface area contributed by atoms with Gasteiger partial charge in [0.2, 0.25) is 11.8 Å². The van der Waals surface area contributed by atoms with Gasteiger partial charge in [0.05, 0.1) is 5.69 Å². The van der Waals surface area contributed by atoms with Crippen molar-refractivity contribution in [1.82, 2.24) is 29.7 Å². The van der Waals surface area contributed by atoms with Gasteiger partial charge in [0, 0.05) is 37.5 Å². The maximum atomic E-state index is 14.6. The molecule has 1 amide bonds. The molecule has 182 valence electrons. The van der Waals surface area contributed by atoms with Gasteiger partial charge >= 0.3 is 0 Å². The van der Waals surface area contributed by atoms with Crippen molar-refractivity contribution in [3.8, 4) is 5.95 Å². The number of halogens is 1. The van der Waals surface area contributed by atoms with Gasteiger partial charge < -0.3 is 19.1 Å². The van der Waals surface area contributed by atoms with Crippen LogP contribution in [-0.4, -0.2) is 81.6 Å². The second-order valence-electron chi connectivity index (χ2n) is 9.14. The largest absolute Gasteiger partial charge is 0.375 e. The number of piperidine rings is 2. The molecule has 3 aromatic rings. The molecule has 2 fully saturated rings. The Morgan fingerprint density at radius 3 is 2.65 bits per heavy atom. The van der Waals surface area contributed by atoms with Crippen LogP contribution in [0.1, 0.15) is 50.1 Å². The summed E-state index contributed by atoms with van der Waals surface area (Å²) in [6.45, 7) is 5.63. The van der Waals surface area contributed by atoms with E-state index >= 15 is 0 Å². The lowest BCUT2D eigenvalue weighted by molar-refractivity contribution is -0.136. The fourth-order valence-electron chi connectivity index (χ4n) is 5.28. The summed E-state index contributed by atoms with van der Waals surface area (Å²) in [6, 6.07) is 5.49. The van der Waals surface area contributed by atoms with Gasteiger partial charge in [-0.3, -0.25) is 4.79 Å². The van der Waals surface area contributed by atoms with Gasteiger partial charge in [0.25, 0.3) is 5.95 Å². The summed E-state index contributed by atoms with van der Waals surface area (Å²) in [5.74, 6) is 0.772. The number of hydrogen-bond donors (Lipinski definition) is 0. The highest BCUT2D eigenvalue weighted by molar-refractivity contribution is 5.83. The Bertz CT molecular complexity index is 1140. The van der Waals surface area contributed by atoms with Crippen molar-refractivity contribution < 1.29 is 18.4 Å². The number of para-hydroxylation sites is 1. The fraction of sp³-hybridized carbons (Fsp3) is 0.583. The van der Waals surface area contributed by atoms with Crippen molar-refractivity contribution in [2.45, 2.75) is 51.0 Å². The molecule has 2 aliphatic heterocycles. The molecular weight excluding hydrogens is 439 g/mol. The standard InChI is InChI=1S/C24H31FN6O3/c1-3-20-18-5-4-6-19(25)22(18)31(27-20)24-26-23(34-28-24)16-7-11-29(12-8-16)17-9-13-30(14-10-17)21(32)15-33-2/h4-6,16-17H,3,7-15H2,1-2H3. The molecule has 0 spiro atoms. The molecule has 0 saturated carbocycles. The van der Waals surface area contributed by atoms with Crippen molar-refractivity contribution in [2.75, 3.05) is 39.9 Å². The minimum atomic E-state index is -0.348. The number of fused-ring (bicyclic) bond motifs is 1. The first-order valence-electron chi connectivity index (χ1n) is 12.1. The summed E-state index contributed by atoms with van der Waals surface area (Å²) in [5, 5.41) is 9.46. The Morgan fingerprint density at radius 2 is 1.94 bits per heavy atom. The molecule has 0 N–H and O–H groups in total. The molecule has 34 heavy (non-hydrogen) atoms. The highest BCUT2D eigenvalue weighted by Crippen LogP contribution is 2.31. The first-order chi connectivity index (χ1) is 16.6. The lowest BCUT2D eigenvalue weighted by Crippen LogP contribution is -2.49. The molecule has 0 radical (unpaired) electrons. The number of likely N-dealkylation sites (tertiary alicyclic amines) is 2. The molecule has 0 unspecified atom stereocenters. The number of benzene rings is 1. The van der Waals surface area contributed by atoms with Gasteiger partial charge in [-0.25, -0.2) is 4.39 Å². The van der Waals surface area contributed by atoms with Crippen LogP contribution in [0.2, 0.25) is 0 Å². The van der Waals surface area contributed by atoms with Crippen LogP contribution < -0.4 is 0 Å². The van der Waals surface area contributed by atoms with Gasteiger partial charge in [-0.05, 0) is 56.4 Å². The van der Waals surface area contributed by atoms with Crippen molar-refractivity contribution in [3.63, 3.8) is 0 Å². The SMILES string of the molecule is CCc1nn(-c2noc(C3CCN(C4CCN(C(=O)COC)CC4)CC3)n2)c2c(F)cccc12. The predicted molar refractivity (Wildman–Crippen MR) is 123 cm³/mol. The van der Waals surface area contributed by atoms with Gasteiger partial charge in [-0.2, -0.15) is 14.8 Å². The Labute approximate surface area is 197 Å². The Morgan fingerprint density at radius 1 is 1.18 bits per heavy atom. The highest BCUT2D eigenvalue weighted by Gasteiger charge is 2.32. The number of aryl methyl sites for hydroxylation is 1. The number of nitrogens with zero attached hydrogens (tertiary/aromatic N) is 6. The van der Waals surface area contributed by atoms with Gasteiger partial charge in [-0.15, -0.1) is 0 Å². The molecule has 0 aliphatic carbocycles. The maximum Gasteiger partial charge on any atom is 0.291 e. The first kappa shape index (κ1) is 22.9. The monoisotopic (exact) mass is 470 g/mol. The number of ether oxygens (including phenoxy) is 1. The summed E-state index contributed by atoms with van der Waals surface area (Å²) in [5.41, 5.74) is 1.20. The minimum absolute atomic E-state index is 0.0720. The zero-order valence-electron chi connectivity index (χ0n) is 19.7. The third kappa shape index (κ3) is 4.32. The van der Waals surface area contributed by atoms with E-state index in [0.717, 1.165) is 62.9 Å². The minimum Gasteiger partial charge on any atom is -0.375 e. The number of hydrogen-bond acceptors (Lipinski definition) is 7. The molecule has 2 saturated heterocycles. The van der Waals surface area contributed by atoms with Crippen LogP contribution in [0.5, 0.6) is 0 Å². The van der Waals surface area contributed by atoms with E-state index in [1.807, 2.05) is 17.9 Å². The van der Waals surface area contributed by atoms with E-state index < -0.39 is 0 Å². The van der Waals surface area contributed by atoms with Crippen molar-refractivity contribution in [3.05, 3.63) is 35.6 Å². The predicted octanol–water partition coefficient (Wildman–Crippen LogP) is 2.93. The summed E-state index contributed by atoms with van der Waals surface area (Å²) in [7, 11) is 1.55. The second-order valence-corrected chi connectivity index (χ2v) is 9.14. The molecule has 2 aliphatic rings. The van der Waals surface area contributed by atoms with Crippen LogP contribution in [0.15, 0.2) is 22.7 Å². The van der Waals surface area contributed by atoms with Crippen LogP contribution in [0.3, 0.4) is 0 Å². The van der Waals surface area contributed by atoms with E-state index in [0.29, 0.717) is 23.9 Å². The third-order valence-corrected chi connectivity index (χ3v) is 7.17. The molecule has 2 aromatic heterocycles. The van der Waals surface area contributed by atoms with E-state index in [-0.39, 0.29) is 30.2 Å². The van der Waals surface area contributed by atoms with E-state index in [2.05, 4.69) is 20.1 Å². The average Bonchev–Trinajstić information content (AvgIpc) is 3.50. The number of carbonyl (C=O) groups is 1. The Hall–Kier alpha value is -2.85. The van der Waals surface area contributed by atoms with Gasteiger partial charge in [0.1, 0.15) is 17.9 Å². The Kier molecular flexibility index (Phi) is 6.60. The highest BCUT2D eigenvalue weighted by atomic mass is 19.1. The molecule has 9 nitrogen and oxygen atoms in total. The summed E-state index contributed by atoms with van der Waals surface area (Å²) < 4.78 is 26.6. The Balaban J connectivity index is 1.22. The van der Waals surface area contributed by atoms with Crippen LogP contribution in [0, 0.1) is 5.82 Å². The quantitative estimate of drug-likeness (QED) is 0.547. The molecular formula is C24H31FN6O3. The number of rotatable bonds is 6. The lowest BCUT2D eigenvalue weighted by atomic mass is 9.93. The van der Waals surface area contributed by atoms with E-state index in [1.165, 1.54) is 10.7 Å². The number of carbonyl (C=O) groups excluding carboxylic acids is 1. The topological polar surface area (TPSA) is 89.5 Å². The second kappa shape index (κ2) is 9.79. The molecule has 10 heteroatoms. The molecule has 0 atom stereocenters. The molecule has 4 heterocycles. The number of methoxy groups -OCH3 is 1. The van der Waals surface area contributed by atoms with E-state index in [4.69, 9.17) is 9.26 Å². The van der Waals surface area contributed by atoms with Crippen LogP contribution in [0.4, 0.5) is 4.39 Å². The van der Waals surface area contributed by atoms with Crippen LogP contribution in [0.25, 0.3) is 16.9 Å². The number of aromatic nitrogens is 4. The van der Waals surface area contributed by atoms with Gasteiger partial charge in [-0.1, -0.05) is 19.1 Å². The van der Waals surface area contributed by atoms with Crippen molar-refractivity contribution in [1.29, 1.82) is 0 Å². The zero-order valence-corrected chi connectivity index (χ0v) is 19.7. The maximum absolute atomic E-state index is 14.6. The van der Waals surface area contributed by atoms with Crippen molar-refractivity contribution >= 4 is 16.8 Å². The molecule has 0 bridgehead atoms. The summed E-state index contributed by atoms with van der Waals surface area (Å²) in [4.78, 5) is 21.1.